The van der Waals surface area contributed by atoms with Crippen LogP contribution in [0.3, 0.4) is 0 Å². The fourth-order valence-corrected chi connectivity index (χ4v) is 4.66. The number of nitrogens with zero attached hydrogens (tertiary/aromatic N) is 2. The lowest BCUT2D eigenvalue weighted by Gasteiger charge is -2.38. The Bertz CT molecular complexity index is 1080. The SMILES string of the molecule is COc1ccc(CN2C(=O)C(CC(=O)NCc3ccco3)CC(C(=O)N(C(C)C)C(C)C)=C2C)cc1. The number of allylic oxidation sites excluding steroid dienone is 1. The number of carbonyl (C=O) groups is 3. The van der Waals surface area contributed by atoms with Crippen molar-refractivity contribution in [3.05, 3.63) is 65.3 Å². The minimum atomic E-state index is -0.635. The second-order valence-corrected chi connectivity index (χ2v) is 9.70. The predicted molar refractivity (Wildman–Crippen MR) is 137 cm³/mol. The summed E-state index contributed by atoms with van der Waals surface area (Å²) in [7, 11) is 1.60. The fourth-order valence-electron chi connectivity index (χ4n) is 4.66. The Hall–Kier alpha value is -3.55. The van der Waals surface area contributed by atoms with E-state index < -0.39 is 5.92 Å². The van der Waals surface area contributed by atoms with Crippen LogP contribution in [0.1, 0.15) is 58.8 Å². The summed E-state index contributed by atoms with van der Waals surface area (Å²) in [6.07, 6.45) is 1.77. The Kier molecular flexibility index (Phi) is 8.96. The first-order valence-corrected chi connectivity index (χ1v) is 12.4. The molecule has 1 aliphatic heterocycles. The molecule has 8 heteroatoms. The van der Waals surface area contributed by atoms with Crippen molar-refractivity contribution >= 4 is 17.7 Å². The Morgan fingerprint density at radius 3 is 2.36 bits per heavy atom. The second-order valence-electron chi connectivity index (χ2n) is 9.70. The molecule has 0 aliphatic carbocycles. The van der Waals surface area contributed by atoms with Gasteiger partial charge in [-0.25, -0.2) is 0 Å². The highest BCUT2D eigenvalue weighted by molar-refractivity contribution is 5.98. The summed E-state index contributed by atoms with van der Waals surface area (Å²) >= 11 is 0. The number of rotatable bonds is 10. The maximum absolute atomic E-state index is 13.7. The first kappa shape index (κ1) is 27.0. The number of nitrogens with one attached hydrogen (secondary N) is 1. The molecule has 3 rings (SSSR count). The molecule has 0 spiro atoms. The number of furan rings is 1. The fraction of sp³-hybridized carbons (Fsp3) is 0.464. The Balaban J connectivity index is 1.88. The van der Waals surface area contributed by atoms with Gasteiger partial charge in [0.25, 0.3) is 5.91 Å². The lowest BCUT2D eigenvalue weighted by Crippen LogP contribution is -2.47. The van der Waals surface area contributed by atoms with Crippen LogP contribution in [0.25, 0.3) is 0 Å². The van der Waals surface area contributed by atoms with E-state index in [4.69, 9.17) is 9.15 Å². The lowest BCUT2D eigenvalue weighted by atomic mass is 9.87. The van der Waals surface area contributed by atoms with Gasteiger partial charge in [-0.05, 0) is 70.9 Å². The van der Waals surface area contributed by atoms with Crippen LogP contribution in [0.15, 0.2) is 58.3 Å². The zero-order chi connectivity index (χ0) is 26.4. The number of benzene rings is 1. The molecule has 1 aromatic carbocycles. The van der Waals surface area contributed by atoms with Crippen LogP contribution in [0.5, 0.6) is 5.75 Å². The molecular formula is C28H37N3O5. The van der Waals surface area contributed by atoms with E-state index in [1.54, 1.807) is 30.4 Å². The van der Waals surface area contributed by atoms with Gasteiger partial charge in [-0.15, -0.1) is 0 Å². The quantitative estimate of drug-likeness (QED) is 0.532. The summed E-state index contributed by atoms with van der Waals surface area (Å²) in [6.45, 7) is 10.3. The van der Waals surface area contributed by atoms with Gasteiger partial charge in [-0.1, -0.05) is 12.1 Å². The molecule has 36 heavy (non-hydrogen) atoms. The van der Waals surface area contributed by atoms with E-state index in [0.29, 0.717) is 23.6 Å². The van der Waals surface area contributed by atoms with Gasteiger partial charge in [-0.3, -0.25) is 14.4 Å². The van der Waals surface area contributed by atoms with E-state index in [0.717, 1.165) is 11.3 Å². The van der Waals surface area contributed by atoms with Crippen LogP contribution in [0, 0.1) is 5.92 Å². The molecule has 1 aliphatic rings. The monoisotopic (exact) mass is 495 g/mol. The van der Waals surface area contributed by atoms with Crippen LogP contribution in [0.4, 0.5) is 0 Å². The predicted octanol–water partition coefficient (Wildman–Crippen LogP) is 4.26. The standard InChI is InChI=1S/C28H37N3O5/c1-18(2)31(19(3)4)28(34)25-14-22(15-26(32)29-16-24-8-7-13-36-24)27(33)30(20(25)5)17-21-9-11-23(35-6)12-10-21/h7-13,18-19,22H,14-17H2,1-6H3,(H,29,32). The van der Waals surface area contributed by atoms with Crippen molar-refractivity contribution in [2.24, 2.45) is 5.92 Å². The second kappa shape index (κ2) is 11.9. The van der Waals surface area contributed by atoms with Crippen LogP contribution < -0.4 is 10.1 Å². The van der Waals surface area contributed by atoms with Gasteiger partial charge in [0.1, 0.15) is 11.5 Å². The maximum atomic E-state index is 13.7. The topological polar surface area (TPSA) is 92.1 Å². The highest BCUT2D eigenvalue weighted by Crippen LogP contribution is 2.33. The van der Waals surface area contributed by atoms with E-state index >= 15 is 0 Å². The molecule has 0 fully saturated rings. The van der Waals surface area contributed by atoms with E-state index in [-0.39, 0.29) is 49.2 Å². The van der Waals surface area contributed by atoms with Crippen molar-refractivity contribution in [1.82, 2.24) is 15.1 Å². The lowest BCUT2D eigenvalue weighted by molar-refractivity contribution is -0.139. The normalized spacial score (nSPS) is 16.1. The minimum absolute atomic E-state index is 0.000473. The molecule has 194 valence electrons. The molecule has 0 bridgehead atoms. The van der Waals surface area contributed by atoms with Gasteiger partial charge in [0, 0.05) is 29.8 Å². The molecule has 8 nitrogen and oxygen atoms in total. The van der Waals surface area contributed by atoms with Crippen LogP contribution in [0.2, 0.25) is 0 Å². The summed E-state index contributed by atoms with van der Waals surface area (Å²) in [5.74, 6) is 0.214. The molecule has 3 amide bonds. The van der Waals surface area contributed by atoms with Crippen molar-refractivity contribution in [2.75, 3.05) is 7.11 Å². The van der Waals surface area contributed by atoms with Crippen molar-refractivity contribution in [3.8, 4) is 5.75 Å². The molecule has 2 heterocycles. The molecular weight excluding hydrogens is 458 g/mol. The summed E-state index contributed by atoms with van der Waals surface area (Å²) in [6, 6.07) is 11.0. The summed E-state index contributed by atoms with van der Waals surface area (Å²) in [5.41, 5.74) is 2.12. The van der Waals surface area contributed by atoms with Gasteiger partial charge in [-0.2, -0.15) is 0 Å². The first-order valence-electron chi connectivity index (χ1n) is 12.4. The molecule has 1 unspecified atom stereocenters. The van der Waals surface area contributed by atoms with E-state index in [1.807, 2.05) is 63.8 Å². The minimum Gasteiger partial charge on any atom is -0.497 e. The molecule has 1 N–H and O–H groups in total. The van der Waals surface area contributed by atoms with Crippen molar-refractivity contribution < 1.29 is 23.5 Å². The van der Waals surface area contributed by atoms with Crippen LogP contribution >= 0.6 is 0 Å². The Morgan fingerprint density at radius 1 is 1.14 bits per heavy atom. The third-order valence-electron chi connectivity index (χ3n) is 6.48. The molecule has 1 atom stereocenters. The number of methoxy groups -OCH3 is 1. The third kappa shape index (κ3) is 6.36. The number of hydrogen-bond donors (Lipinski definition) is 1. The van der Waals surface area contributed by atoms with Gasteiger partial charge >= 0.3 is 0 Å². The van der Waals surface area contributed by atoms with E-state index in [1.165, 1.54) is 0 Å². The zero-order valence-electron chi connectivity index (χ0n) is 22.0. The molecule has 1 aromatic heterocycles. The molecule has 0 radical (unpaired) electrons. The molecule has 0 saturated carbocycles. The van der Waals surface area contributed by atoms with Gasteiger partial charge in [0.15, 0.2) is 0 Å². The Morgan fingerprint density at radius 2 is 1.81 bits per heavy atom. The van der Waals surface area contributed by atoms with Crippen LogP contribution in [-0.4, -0.2) is 46.7 Å². The molecule has 0 saturated heterocycles. The van der Waals surface area contributed by atoms with Crippen molar-refractivity contribution in [3.63, 3.8) is 0 Å². The van der Waals surface area contributed by atoms with Gasteiger partial charge in [0.05, 0.1) is 32.4 Å². The maximum Gasteiger partial charge on any atom is 0.252 e. The highest BCUT2D eigenvalue weighted by atomic mass is 16.5. The number of amides is 3. The third-order valence-corrected chi connectivity index (χ3v) is 6.48. The van der Waals surface area contributed by atoms with E-state index in [9.17, 15) is 14.4 Å². The van der Waals surface area contributed by atoms with Crippen molar-refractivity contribution in [1.29, 1.82) is 0 Å². The first-order chi connectivity index (χ1) is 17.1. The van der Waals surface area contributed by atoms with E-state index in [2.05, 4.69) is 5.32 Å². The summed E-state index contributed by atoms with van der Waals surface area (Å²) < 4.78 is 10.5. The average molecular weight is 496 g/mol. The zero-order valence-corrected chi connectivity index (χ0v) is 22.0. The molecule has 2 aromatic rings. The summed E-state index contributed by atoms with van der Waals surface area (Å²) in [4.78, 5) is 43.5. The number of ether oxygens (including phenoxy) is 1. The van der Waals surface area contributed by atoms with Crippen LogP contribution in [-0.2, 0) is 27.5 Å². The smallest absolute Gasteiger partial charge is 0.252 e. The van der Waals surface area contributed by atoms with Gasteiger partial charge < -0.3 is 24.3 Å². The number of carbonyl (C=O) groups excluding carboxylic acids is 3. The number of hydrogen-bond acceptors (Lipinski definition) is 5. The average Bonchev–Trinajstić information content (AvgIpc) is 3.36. The van der Waals surface area contributed by atoms with Crippen molar-refractivity contribution in [2.45, 2.75) is 72.6 Å². The Labute approximate surface area is 213 Å². The van der Waals surface area contributed by atoms with Gasteiger partial charge in [0.2, 0.25) is 11.8 Å². The summed E-state index contributed by atoms with van der Waals surface area (Å²) in [5, 5.41) is 2.82. The largest absolute Gasteiger partial charge is 0.497 e. The highest BCUT2D eigenvalue weighted by Gasteiger charge is 2.38.